The Morgan fingerprint density at radius 3 is 2.76 bits per heavy atom. The van der Waals surface area contributed by atoms with Crippen LogP contribution in [0.5, 0.6) is 11.5 Å². The maximum absolute atomic E-state index is 12.6. The van der Waals surface area contributed by atoms with Crippen LogP contribution in [0.1, 0.15) is 24.7 Å². The number of ether oxygens (including phenoxy) is 2. The minimum atomic E-state index is -0.0558. The molecular formula is C17H24N4O3S. The van der Waals surface area contributed by atoms with Crippen LogP contribution < -0.4 is 9.47 Å². The molecule has 0 atom stereocenters. The minimum Gasteiger partial charge on any atom is -0.493 e. The number of methoxy groups -OCH3 is 2. The summed E-state index contributed by atoms with van der Waals surface area (Å²) >= 11 is 5.23. The van der Waals surface area contributed by atoms with Crippen LogP contribution in [0.15, 0.2) is 18.2 Å². The Balaban J connectivity index is 2.14. The van der Waals surface area contributed by atoms with Gasteiger partial charge >= 0.3 is 0 Å². The lowest BCUT2D eigenvalue weighted by Gasteiger charge is -2.20. The fraction of sp³-hybridized carbons (Fsp3) is 0.471. The standard InChI is InChI=1S/C17H24N4O3S/c1-5-7-14-18-19-17(25)21(14)11-15(22)20(2)10-12-8-6-9-13(23-3)16(12)24-4/h6,8-9H,5,7,10-11H2,1-4H3,(H,19,25). The van der Waals surface area contributed by atoms with Gasteiger partial charge in [0.15, 0.2) is 16.3 Å². The predicted octanol–water partition coefficient (Wildman–Crippen LogP) is 2.57. The van der Waals surface area contributed by atoms with E-state index < -0.39 is 0 Å². The topological polar surface area (TPSA) is 72.4 Å². The van der Waals surface area contributed by atoms with E-state index in [0.717, 1.165) is 24.2 Å². The van der Waals surface area contributed by atoms with Crippen molar-refractivity contribution in [1.29, 1.82) is 0 Å². The molecule has 0 bridgehead atoms. The Kier molecular flexibility index (Phi) is 6.58. The van der Waals surface area contributed by atoms with Crippen molar-refractivity contribution in [3.05, 3.63) is 34.4 Å². The van der Waals surface area contributed by atoms with E-state index >= 15 is 0 Å². The third kappa shape index (κ3) is 4.39. The Morgan fingerprint density at radius 1 is 1.36 bits per heavy atom. The van der Waals surface area contributed by atoms with Crippen LogP contribution in [-0.2, 0) is 24.3 Å². The van der Waals surface area contributed by atoms with Crippen LogP contribution in [0.3, 0.4) is 0 Å². The molecule has 0 saturated heterocycles. The van der Waals surface area contributed by atoms with Crippen LogP contribution in [0, 0.1) is 4.77 Å². The summed E-state index contributed by atoms with van der Waals surface area (Å²) in [5.41, 5.74) is 0.877. The molecule has 1 amide bonds. The molecular weight excluding hydrogens is 340 g/mol. The Bertz CT molecular complexity index is 784. The quantitative estimate of drug-likeness (QED) is 0.729. The molecule has 0 unspecified atom stereocenters. The number of benzene rings is 1. The molecule has 1 N–H and O–H groups in total. The Labute approximate surface area is 152 Å². The van der Waals surface area contributed by atoms with Crippen LogP contribution in [0.25, 0.3) is 0 Å². The lowest BCUT2D eigenvalue weighted by Crippen LogP contribution is -2.30. The monoisotopic (exact) mass is 364 g/mol. The summed E-state index contributed by atoms with van der Waals surface area (Å²) in [6.45, 7) is 2.63. The lowest BCUT2D eigenvalue weighted by atomic mass is 10.1. The molecule has 2 aromatic rings. The zero-order valence-electron chi connectivity index (χ0n) is 15.0. The number of carbonyl (C=O) groups excluding carboxylic acids is 1. The summed E-state index contributed by atoms with van der Waals surface area (Å²) in [5.74, 6) is 2.02. The molecule has 136 valence electrons. The van der Waals surface area contributed by atoms with Crippen LogP contribution in [0.2, 0.25) is 0 Å². The maximum Gasteiger partial charge on any atom is 0.242 e. The van der Waals surface area contributed by atoms with E-state index in [0.29, 0.717) is 22.8 Å². The molecule has 0 fully saturated rings. The van der Waals surface area contributed by atoms with Crippen molar-refractivity contribution in [1.82, 2.24) is 19.7 Å². The fourth-order valence-electron chi connectivity index (χ4n) is 2.61. The summed E-state index contributed by atoms with van der Waals surface area (Å²) in [5, 5.41) is 6.95. The molecule has 1 aromatic carbocycles. The van der Waals surface area contributed by atoms with Gasteiger partial charge < -0.3 is 14.4 Å². The highest BCUT2D eigenvalue weighted by atomic mass is 32.1. The van der Waals surface area contributed by atoms with E-state index in [9.17, 15) is 4.79 Å². The number of amides is 1. The van der Waals surface area contributed by atoms with Crippen molar-refractivity contribution >= 4 is 18.1 Å². The number of nitrogens with zero attached hydrogens (tertiary/aromatic N) is 3. The molecule has 0 aliphatic carbocycles. The number of aromatic nitrogens is 3. The highest BCUT2D eigenvalue weighted by Crippen LogP contribution is 2.31. The average molecular weight is 364 g/mol. The van der Waals surface area contributed by atoms with Gasteiger partial charge in [-0.3, -0.25) is 14.5 Å². The van der Waals surface area contributed by atoms with Crippen molar-refractivity contribution in [3.8, 4) is 11.5 Å². The van der Waals surface area contributed by atoms with E-state index in [1.807, 2.05) is 18.2 Å². The number of hydrogen-bond donors (Lipinski definition) is 1. The first kappa shape index (κ1) is 19.0. The minimum absolute atomic E-state index is 0.0558. The van der Waals surface area contributed by atoms with E-state index in [-0.39, 0.29) is 12.5 Å². The van der Waals surface area contributed by atoms with Gasteiger partial charge in [-0.1, -0.05) is 19.1 Å². The van der Waals surface area contributed by atoms with E-state index in [1.165, 1.54) is 0 Å². The first-order valence-corrected chi connectivity index (χ1v) is 8.50. The number of likely N-dealkylation sites (N-methyl/N-ethyl adjacent to an activating group) is 1. The van der Waals surface area contributed by atoms with Gasteiger partial charge in [-0.25, -0.2) is 0 Å². The number of hydrogen-bond acceptors (Lipinski definition) is 5. The van der Waals surface area contributed by atoms with Crippen molar-refractivity contribution < 1.29 is 14.3 Å². The molecule has 1 aromatic heterocycles. The highest BCUT2D eigenvalue weighted by molar-refractivity contribution is 7.71. The summed E-state index contributed by atoms with van der Waals surface area (Å²) in [6, 6.07) is 5.61. The SMILES string of the molecule is CCCc1n[nH]c(=S)n1CC(=O)N(C)Cc1cccc(OC)c1OC. The normalized spacial score (nSPS) is 10.6. The fourth-order valence-corrected chi connectivity index (χ4v) is 2.82. The summed E-state index contributed by atoms with van der Waals surface area (Å²) < 4.78 is 12.9. The zero-order valence-corrected chi connectivity index (χ0v) is 15.9. The largest absolute Gasteiger partial charge is 0.493 e. The third-order valence-corrected chi connectivity index (χ3v) is 4.23. The molecule has 25 heavy (non-hydrogen) atoms. The summed E-state index contributed by atoms with van der Waals surface area (Å²) in [6.07, 6.45) is 1.71. The number of rotatable bonds is 8. The van der Waals surface area contributed by atoms with Crippen LogP contribution >= 0.6 is 12.2 Å². The van der Waals surface area contributed by atoms with Gasteiger partial charge in [0.1, 0.15) is 12.4 Å². The maximum atomic E-state index is 12.6. The zero-order chi connectivity index (χ0) is 18.4. The number of carbonyl (C=O) groups is 1. The van der Waals surface area contributed by atoms with Gasteiger partial charge in [-0.05, 0) is 24.7 Å². The third-order valence-electron chi connectivity index (χ3n) is 3.92. The average Bonchev–Trinajstić information content (AvgIpc) is 2.95. The van der Waals surface area contributed by atoms with Gasteiger partial charge in [0.25, 0.3) is 0 Å². The van der Waals surface area contributed by atoms with Gasteiger partial charge in [-0.2, -0.15) is 5.10 Å². The van der Waals surface area contributed by atoms with E-state index in [1.54, 1.807) is 30.7 Å². The van der Waals surface area contributed by atoms with E-state index in [2.05, 4.69) is 17.1 Å². The molecule has 0 spiro atoms. The molecule has 2 rings (SSSR count). The highest BCUT2D eigenvalue weighted by Gasteiger charge is 2.17. The van der Waals surface area contributed by atoms with Crippen molar-refractivity contribution in [2.45, 2.75) is 32.9 Å². The molecule has 0 radical (unpaired) electrons. The number of aryl methyl sites for hydroxylation is 1. The molecule has 7 nitrogen and oxygen atoms in total. The van der Waals surface area contributed by atoms with Gasteiger partial charge in [0.2, 0.25) is 5.91 Å². The molecule has 1 heterocycles. The molecule has 0 aliphatic heterocycles. The first-order valence-electron chi connectivity index (χ1n) is 8.09. The molecule has 0 saturated carbocycles. The Hall–Kier alpha value is -2.35. The van der Waals surface area contributed by atoms with Crippen LogP contribution in [-0.4, -0.2) is 46.8 Å². The second-order valence-corrected chi connectivity index (χ2v) is 6.07. The van der Waals surface area contributed by atoms with Gasteiger partial charge in [0.05, 0.1) is 14.2 Å². The van der Waals surface area contributed by atoms with Gasteiger partial charge in [0, 0.05) is 25.6 Å². The number of H-pyrrole nitrogens is 1. The molecule has 8 heteroatoms. The first-order chi connectivity index (χ1) is 12.0. The second-order valence-electron chi connectivity index (χ2n) is 5.68. The smallest absolute Gasteiger partial charge is 0.242 e. The summed E-state index contributed by atoms with van der Waals surface area (Å²) in [7, 11) is 4.93. The van der Waals surface area contributed by atoms with Crippen molar-refractivity contribution in [3.63, 3.8) is 0 Å². The number of aromatic amines is 1. The lowest BCUT2D eigenvalue weighted by molar-refractivity contribution is -0.131. The van der Waals surface area contributed by atoms with E-state index in [4.69, 9.17) is 21.7 Å². The second kappa shape index (κ2) is 8.66. The van der Waals surface area contributed by atoms with Crippen molar-refractivity contribution in [2.24, 2.45) is 0 Å². The Morgan fingerprint density at radius 2 is 2.12 bits per heavy atom. The number of nitrogens with one attached hydrogen (secondary N) is 1. The van der Waals surface area contributed by atoms with Crippen molar-refractivity contribution in [2.75, 3.05) is 21.3 Å². The predicted molar refractivity (Wildman–Crippen MR) is 97.4 cm³/mol. The van der Waals surface area contributed by atoms with Crippen LogP contribution in [0.4, 0.5) is 0 Å². The van der Waals surface area contributed by atoms with Gasteiger partial charge in [-0.15, -0.1) is 0 Å². The number of para-hydroxylation sites is 1. The summed E-state index contributed by atoms with van der Waals surface area (Å²) in [4.78, 5) is 14.3. The molecule has 0 aliphatic rings.